The first-order chi connectivity index (χ1) is 7.65. The molecule has 1 amide bonds. The monoisotopic (exact) mass is 242 g/mol. The summed E-state index contributed by atoms with van der Waals surface area (Å²) >= 11 is 1.53. The SMILES string of the molecule is COC1OC(=O)C2=C1CSC1C(N)C(=O)N21. The van der Waals surface area contributed by atoms with Gasteiger partial charge in [-0.1, -0.05) is 0 Å². The van der Waals surface area contributed by atoms with Gasteiger partial charge in [-0.05, 0) is 0 Å². The summed E-state index contributed by atoms with van der Waals surface area (Å²) in [5.41, 5.74) is 6.72. The van der Waals surface area contributed by atoms with E-state index in [0.29, 0.717) is 11.4 Å². The summed E-state index contributed by atoms with van der Waals surface area (Å²) in [4.78, 5) is 24.6. The largest absolute Gasteiger partial charge is 0.427 e. The molecule has 3 rings (SSSR count). The van der Waals surface area contributed by atoms with Gasteiger partial charge in [-0.2, -0.15) is 0 Å². The second-order valence-corrected chi connectivity index (χ2v) is 4.89. The Kier molecular flexibility index (Phi) is 2.04. The Morgan fingerprint density at radius 1 is 1.56 bits per heavy atom. The molecule has 2 N–H and O–H groups in total. The molecule has 86 valence electrons. The van der Waals surface area contributed by atoms with Crippen molar-refractivity contribution in [2.75, 3.05) is 12.9 Å². The smallest absolute Gasteiger partial charge is 0.357 e. The van der Waals surface area contributed by atoms with Crippen LogP contribution in [0.15, 0.2) is 11.3 Å². The number of hydrogen-bond donors (Lipinski definition) is 1. The van der Waals surface area contributed by atoms with Crippen molar-refractivity contribution < 1.29 is 19.1 Å². The number of rotatable bonds is 1. The van der Waals surface area contributed by atoms with E-state index in [1.54, 1.807) is 0 Å². The van der Waals surface area contributed by atoms with E-state index < -0.39 is 18.3 Å². The zero-order valence-electron chi connectivity index (χ0n) is 8.50. The second-order valence-electron chi connectivity index (χ2n) is 3.78. The Bertz CT molecular complexity index is 422. The van der Waals surface area contributed by atoms with Gasteiger partial charge in [0.05, 0.1) is 0 Å². The van der Waals surface area contributed by atoms with Crippen molar-refractivity contribution in [3.05, 3.63) is 11.3 Å². The van der Waals surface area contributed by atoms with Gasteiger partial charge in [0.15, 0.2) is 0 Å². The maximum Gasteiger partial charge on any atom is 0.357 e. The summed E-state index contributed by atoms with van der Waals surface area (Å²) < 4.78 is 10.0. The van der Waals surface area contributed by atoms with Gasteiger partial charge in [0.25, 0.3) is 0 Å². The van der Waals surface area contributed by atoms with Crippen molar-refractivity contribution >= 4 is 23.6 Å². The molecule has 3 unspecified atom stereocenters. The minimum atomic E-state index is -0.652. The predicted molar refractivity (Wildman–Crippen MR) is 55.0 cm³/mol. The number of nitrogens with two attached hydrogens (primary N) is 1. The molecule has 3 atom stereocenters. The molecule has 6 nitrogen and oxygen atoms in total. The zero-order chi connectivity index (χ0) is 11.4. The van der Waals surface area contributed by atoms with Crippen molar-refractivity contribution in [1.82, 2.24) is 4.90 Å². The van der Waals surface area contributed by atoms with Crippen LogP contribution in [-0.4, -0.2) is 47.3 Å². The maximum atomic E-state index is 11.6. The van der Waals surface area contributed by atoms with Gasteiger partial charge in [0, 0.05) is 18.4 Å². The summed E-state index contributed by atoms with van der Waals surface area (Å²) in [6, 6.07) is -0.506. The molecule has 1 saturated heterocycles. The van der Waals surface area contributed by atoms with Crippen LogP contribution in [-0.2, 0) is 19.1 Å². The minimum absolute atomic E-state index is 0.130. The summed E-state index contributed by atoms with van der Waals surface area (Å²) in [6.07, 6.45) is -0.652. The summed E-state index contributed by atoms with van der Waals surface area (Å²) in [5, 5.41) is -0.130. The Morgan fingerprint density at radius 3 is 3.00 bits per heavy atom. The van der Waals surface area contributed by atoms with E-state index in [4.69, 9.17) is 15.2 Å². The molecular formula is C9H10N2O4S. The first kappa shape index (κ1) is 10.1. The van der Waals surface area contributed by atoms with Crippen molar-refractivity contribution in [3.63, 3.8) is 0 Å². The minimum Gasteiger partial charge on any atom is -0.427 e. The number of thioether (sulfide) groups is 1. The standard InChI is InChI=1S/C9H10N2O4S/c1-14-9-3-2-16-7-4(10)6(12)11(7)5(3)8(13)15-9/h4,7,9H,2,10H2,1H3. The number of ether oxygens (including phenoxy) is 2. The topological polar surface area (TPSA) is 81.9 Å². The molecular weight excluding hydrogens is 232 g/mol. The van der Waals surface area contributed by atoms with Gasteiger partial charge >= 0.3 is 5.97 Å². The van der Waals surface area contributed by atoms with Crippen molar-refractivity contribution in [2.24, 2.45) is 5.73 Å². The van der Waals surface area contributed by atoms with Crippen LogP contribution in [0.5, 0.6) is 0 Å². The molecule has 3 aliphatic rings. The highest BCUT2D eigenvalue weighted by molar-refractivity contribution is 8.00. The number of carbonyl (C=O) groups is 2. The van der Waals surface area contributed by atoms with E-state index in [2.05, 4.69) is 0 Å². The van der Waals surface area contributed by atoms with E-state index in [9.17, 15) is 9.59 Å². The van der Waals surface area contributed by atoms with Crippen LogP contribution in [0.4, 0.5) is 0 Å². The normalized spacial score (nSPS) is 36.9. The Balaban J connectivity index is 2.00. The maximum absolute atomic E-state index is 11.6. The quantitative estimate of drug-likeness (QED) is 0.470. The molecule has 0 saturated carbocycles. The lowest BCUT2D eigenvalue weighted by atomic mass is 10.0. The summed E-state index contributed by atoms with van der Waals surface area (Å²) in [7, 11) is 1.47. The number of methoxy groups -OCH3 is 1. The number of β-lactam (4-membered cyclic amide) rings is 1. The van der Waals surface area contributed by atoms with Crippen LogP contribution in [0.2, 0.25) is 0 Å². The molecule has 0 spiro atoms. The van der Waals surface area contributed by atoms with Gasteiger partial charge in [-0.3, -0.25) is 9.69 Å². The van der Waals surface area contributed by atoms with E-state index in [1.807, 2.05) is 0 Å². The average Bonchev–Trinajstić information content (AvgIpc) is 2.63. The number of carbonyl (C=O) groups excluding carboxylic acids is 2. The molecule has 3 aliphatic heterocycles. The number of amides is 1. The number of esters is 1. The van der Waals surface area contributed by atoms with Gasteiger partial charge in [-0.15, -0.1) is 11.8 Å². The van der Waals surface area contributed by atoms with Crippen LogP contribution in [0.1, 0.15) is 0 Å². The van der Waals surface area contributed by atoms with Gasteiger partial charge < -0.3 is 15.2 Å². The predicted octanol–water partition coefficient (Wildman–Crippen LogP) is -0.988. The number of fused-ring (bicyclic) bond motifs is 2. The summed E-state index contributed by atoms with van der Waals surface area (Å²) in [6.45, 7) is 0. The van der Waals surface area contributed by atoms with Crippen molar-refractivity contribution in [1.29, 1.82) is 0 Å². The first-order valence-electron chi connectivity index (χ1n) is 4.82. The third-order valence-electron chi connectivity index (χ3n) is 2.94. The summed E-state index contributed by atoms with van der Waals surface area (Å²) in [5.74, 6) is -0.104. The number of hydrogen-bond acceptors (Lipinski definition) is 6. The lowest BCUT2D eigenvalue weighted by molar-refractivity contribution is -0.159. The molecule has 0 bridgehead atoms. The molecule has 0 aromatic carbocycles. The molecule has 0 aliphatic carbocycles. The van der Waals surface area contributed by atoms with E-state index in [-0.39, 0.29) is 11.3 Å². The fraction of sp³-hybridized carbons (Fsp3) is 0.556. The number of cyclic esters (lactones) is 1. The molecule has 3 heterocycles. The first-order valence-corrected chi connectivity index (χ1v) is 5.87. The highest BCUT2D eigenvalue weighted by atomic mass is 32.2. The molecule has 0 aromatic rings. The van der Waals surface area contributed by atoms with Crippen molar-refractivity contribution in [3.8, 4) is 0 Å². The Hall–Kier alpha value is -1.05. The number of nitrogens with zero attached hydrogens (tertiary/aromatic N) is 1. The molecule has 0 radical (unpaired) electrons. The van der Waals surface area contributed by atoms with Gasteiger partial charge in [0.1, 0.15) is 17.1 Å². The third kappa shape index (κ3) is 1.05. The van der Waals surface area contributed by atoms with E-state index in [0.717, 1.165) is 5.57 Å². The van der Waals surface area contributed by atoms with E-state index in [1.165, 1.54) is 23.8 Å². The van der Waals surface area contributed by atoms with Crippen LogP contribution in [0.25, 0.3) is 0 Å². The van der Waals surface area contributed by atoms with Crippen LogP contribution in [0.3, 0.4) is 0 Å². The zero-order valence-corrected chi connectivity index (χ0v) is 9.32. The second kappa shape index (κ2) is 3.22. The third-order valence-corrected chi connectivity index (χ3v) is 4.27. The fourth-order valence-corrected chi connectivity index (χ4v) is 3.43. The van der Waals surface area contributed by atoms with Gasteiger partial charge in [0.2, 0.25) is 12.2 Å². The molecule has 7 heteroatoms. The molecule has 16 heavy (non-hydrogen) atoms. The van der Waals surface area contributed by atoms with Crippen LogP contribution >= 0.6 is 11.8 Å². The average molecular weight is 242 g/mol. The molecule has 0 aromatic heterocycles. The molecule has 1 fully saturated rings. The highest BCUT2D eigenvalue weighted by Crippen LogP contribution is 2.43. The van der Waals surface area contributed by atoms with Crippen LogP contribution in [0, 0.1) is 0 Å². The lowest BCUT2D eigenvalue weighted by Crippen LogP contribution is -2.68. The fourth-order valence-electron chi connectivity index (χ4n) is 2.12. The Morgan fingerprint density at radius 2 is 2.31 bits per heavy atom. The van der Waals surface area contributed by atoms with E-state index >= 15 is 0 Å². The lowest BCUT2D eigenvalue weighted by Gasteiger charge is -2.46. The van der Waals surface area contributed by atoms with Crippen LogP contribution < -0.4 is 5.73 Å². The Labute approximate surface area is 95.7 Å². The highest BCUT2D eigenvalue weighted by Gasteiger charge is 2.55. The van der Waals surface area contributed by atoms with Gasteiger partial charge in [-0.25, -0.2) is 4.79 Å². The van der Waals surface area contributed by atoms with Crippen molar-refractivity contribution in [2.45, 2.75) is 17.7 Å².